The van der Waals surface area contributed by atoms with Gasteiger partial charge < -0.3 is 10.2 Å². The Morgan fingerprint density at radius 2 is 2.12 bits per heavy atom. The van der Waals surface area contributed by atoms with Crippen LogP contribution in [-0.4, -0.2) is 31.1 Å². The molecular formula is C14H21BrN2. The molecule has 0 unspecified atom stereocenters. The van der Waals surface area contributed by atoms with Crippen molar-refractivity contribution >= 4 is 21.6 Å². The predicted molar refractivity (Wildman–Crippen MR) is 77.5 cm³/mol. The van der Waals surface area contributed by atoms with Crippen LogP contribution in [0.4, 0.5) is 5.69 Å². The van der Waals surface area contributed by atoms with Crippen LogP contribution in [0.15, 0.2) is 28.7 Å². The van der Waals surface area contributed by atoms with Crippen LogP contribution < -0.4 is 5.32 Å². The summed E-state index contributed by atoms with van der Waals surface area (Å²) in [6.45, 7) is 2.14. The Morgan fingerprint density at radius 3 is 2.82 bits per heavy atom. The number of halogens is 1. The summed E-state index contributed by atoms with van der Waals surface area (Å²) in [7, 11) is 2.25. The van der Waals surface area contributed by atoms with E-state index < -0.39 is 0 Å². The maximum atomic E-state index is 3.49. The van der Waals surface area contributed by atoms with Gasteiger partial charge in [0.15, 0.2) is 0 Å². The number of nitrogens with one attached hydrogen (secondary N) is 1. The second kappa shape index (κ2) is 6.41. The highest BCUT2D eigenvalue weighted by Crippen LogP contribution is 2.22. The van der Waals surface area contributed by atoms with Gasteiger partial charge in [0.1, 0.15) is 0 Å². The Labute approximate surface area is 113 Å². The smallest absolute Gasteiger partial charge is 0.0351 e. The largest absolute Gasteiger partial charge is 0.384 e. The Kier molecular flexibility index (Phi) is 4.86. The van der Waals surface area contributed by atoms with Crippen LogP contribution in [0.2, 0.25) is 0 Å². The van der Waals surface area contributed by atoms with E-state index in [9.17, 15) is 0 Å². The first kappa shape index (κ1) is 12.9. The first-order valence-corrected chi connectivity index (χ1v) is 7.25. The zero-order valence-corrected chi connectivity index (χ0v) is 12.0. The lowest BCUT2D eigenvalue weighted by atomic mass is 10.2. The van der Waals surface area contributed by atoms with Gasteiger partial charge in [-0.15, -0.1) is 0 Å². The van der Waals surface area contributed by atoms with Gasteiger partial charge >= 0.3 is 0 Å². The summed E-state index contributed by atoms with van der Waals surface area (Å²) in [6.07, 6.45) is 5.59. The molecule has 2 nitrogen and oxygen atoms in total. The van der Waals surface area contributed by atoms with Crippen molar-refractivity contribution in [2.45, 2.75) is 31.7 Å². The summed E-state index contributed by atoms with van der Waals surface area (Å²) in [4.78, 5) is 2.50. The second-order valence-electron chi connectivity index (χ2n) is 4.86. The van der Waals surface area contributed by atoms with Crippen molar-refractivity contribution in [2.24, 2.45) is 0 Å². The number of hydrogen-bond acceptors (Lipinski definition) is 2. The Bertz CT molecular complexity index is 348. The predicted octanol–water partition coefficient (Wildman–Crippen LogP) is 3.74. The fourth-order valence-corrected chi connectivity index (χ4v) is 2.90. The van der Waals surface area contributed by atoms with Crippen LogP contribution in [0.5, 0.6) is 0 Å². The van der Waals surface area contributed by atoms with Crippen molar-refractivity contribution in [2.75, 3.05) is 25.5 Å². The van der Waals surface area contributed by atoms with Crippen molar-refractivity contribution in [1.82, 2.24) is 4.90 Å². The van der Waals surface area contributed by atoms with Crippen molar-refractivity contribution in [3.63, 3.8) is 0 Å². The minimum Gasteiger partial charge on any atom is -0.384 e. The standard InChI is InChI=1S/C14H21BrN2/c1-17(14-7-2-3-8-14)10-9-16-13-6-4-5-12(15)11-13/h4-6,11,14,16H,2-3,7-10H2,1H3. The van der Waals surface area contributed by atoms with E-state index >= 15 is 0 Å². The van der Waals surface area contributed by atoms with E-state index in [1.54, 1.807) is 0 Å². The van der Waals surface area contributed by atoms with Crippen molar-refractivity contribution < 1.29 is 0 Å². The monoisotopic (exact) mass is 296 g/mol. The highest BCUT2D eigenvalue weighted by atomic mass is 79.9. The molecule has 1 aromatic carbocycles. The van der Waals surface area contributed by atoms with Gasteiger partial charge in [0.05, 0.1) is 0 Å². The molecule has 3 heteroatoms. The summed E-state index contributed by atoms with van der Waals surface area (Å²) < 4.78 is 1.13. The van der Waals surface area contributed by atoms with Crippen LogP contribution in [0, 0.1) is 0 Å². The fraction of sp³-hybridized carbons (Fsp3) is 0.571. The van der Waals surface area contributed by atoms with Crippen LogP contribution >= 0.6 is 15.9 Å². The van der Waals surface area contributed by atoms with Crippen LogP contribution in [0.3, 0.4) is 0 Å². The van der Waals surface area contributed by atoms with Gasteiger partial charge in [-0.3, -0.25) is 0 Å². The number of anilines is 1. The molecule has 0 atom stereocenters. The summed E-state index contributed by atoms with van der Waals surface area (Å²) in [6, 6.07) is 9.16. The molecule has 0 radical (unpaired) electrons. The normalized spacial score (nSPS) is 16.6. The average Bonchev–Trinajstić information content (AvgIpc) is 2.82. The number of nitrogens with zero attached hydrogens (tertiary/aromatic N) is 1. The molecular weight excluding hydrogens is 276 g/mol. The first-order chi connectivity index (χ1) is 8.25. The van der Waals surface area contributed by atoms with E-state index in [0.29, 0.717) is 0 Å². The van der Waals surface area contributed by atoms with Gasteiger partial charge in [0.25, 0.3) is 0 Å². The summed E-state index contributed by atoms with van der Waals surface area (Å²) in [5.41, 5.74) is 1.19. The topological polar surface area (TPSA) is 15.3 Å². The van der Waals surface area contributed by atoms with E-state index in [1.807, 2.05) is 0 Å². The van der Waals surface area contributed by atoms with Gasteiger partial charge in [-0.2, -0.15) is 0 Å². The van der Waals surface area contributed by atoms with Crippen LogP contribution in [0.25, 0.3) is 0 Å². The van der Waals surface area contributed by atoms with Crippen LogP contribution in [-0.2, 0) is 0 Å². The maximum absolute atomic E-state index is 3.49. The zero-order chi connectivity index (χ0) is 12.1. The molecule has 1 aliphatic rings. The van der Waals surface area contributed by atoms with Crippen molar-refractivity contribution in [1.29, 1.82) is 0 Å². The Balaban J connectivity index is 1.71. The molecule has 1 fully saturated rings. The number of rotatable bonds is 5. The molecule has 0 heterocycles. The van der Waals surface area contributed by atoms with E-state index in [2.05, 4.69) is 57.5 Å². The van der Waals surface area contributed by atoms with Gasteiger partial charge in [-0.25, -0.2) is 0 Å². The van der Waals surface area contributed by atoms with Crippen molar-refractivity contribution in [3.8, 4) is 0 Å². The zero-order valence-electron chi connectivity index (χ0n) is 10.5. The SMILES string of the molecule is CN(CCNc1cccc(Br)c1)C1CCCC1. The third-order valence-corrected chi connectivity index (χ3v) is 4.06. The molecule has 0 amide bonds. The molecule has 1 saturated carbocycles. The minimum absolute atomic E-state index is 0.819. The molecule has 1 aromatic rings. The van der Waals surface area contributed by atoms with E-state index in [-0.39, 0.29) is 0 Å². The molecule has 0 bridgehead atoms. The lowest BCUT2D eigenvalue weighted by Crippen LogP contribution is -2.33. The van der Waals surface area contributed by atoms with E-state index in [0.717, 1.165) is 23.6 Å². The quantitative estimate of drug-likeness (QED) is 0.890. The molecule has 94 valence electrons. The molecule has 2 rings (SSSR count). The molecule has 0 saturated heterocycles. The lowest BCUT2D eigenvalue weighted by molar-refractivity contribution is 0.254. The minimum atomic E-state index is 0.819. The number of likely N-dealkylation sites (N-methyl/N-ethyl adjacent to an activating group) is 1. The molecule has 1 N–H and O–H groups in total. The third-order valence-electron chi connectivity index (χ3n) is 3.57. The van der Waals surface area contributed by atoms with Gasteiger partial charge in [-0.05, 0) is 38.1 Å². The summed E-state index contributed by atoms with van der Waals surface area (Å²) in [5.74, 6) is 0. The molecule has 0 aliphatic heterocycles. The summed E-state index contributed by atoms with van der Waals surface area (Å²) >= 11 is 3.49. The number of benzene rings is 1. The molecule has 17 heavy (non-hydrogen) atoms. The fourth-order valence-electron chi connectivity index (χ4n) is 2.50. The Morgan fingerprint density at radius 1 is 1.35 bits per heavy atom. The van der Waals surface area contributed by atoms with Gasteiger partial charge in [0.2, 0.25) is 0 Å². The maximum Gasteiger partial charge on any atom is 0.0351 e. The average molecular weight is 297 g/mol. The van der Waals surface area contributed by atoms with Gasteiger partial charge in [0, 0.05) is 29.3 Å². The molecule has 0 spiro atoms. The van der Waals surface area contributed by atoms with Crippen molar-refractivity contribution in [3.05, 3.63) is 28.7 Å². The van der Waals surface area contributed by atoms with E-state index in [4.69, 9.17) is 0 Å². The third kappa shape index (κ3) is 4.00. The van der Waals surface area contributed by atoms with Crippen LogP contribution in [0.1, 0.15) is 25.7 Å². The van der Waals surface area contributed by atoms with E-state index in [1.165, 1.54) is 31.4 Å². The Hall–Kier alpha value is -0.540. The number of hydrogen-bond donors (Lipinski definition) is 1. The first-order valence-electron chi connectivity index (χ1n) is 6.45. The summed E-state index contributed by atoms with van der Waals surface area (Å²) in [5, 5.41) is 3.47. The second-order valence-corrected chi connectivity index (χ2v) is 5.77. The molecule has 0 aromatic heterocycles. The lowest BCUT2D eigenvalue weighted by Gasteiger charge is -2.24. The van der Waals surface area contributed by atoms with Gasteiger partial charge in [-0.1, -0.05) is 34.8 Å². The highest BCUT2D eigenvalue weighted by Gasteiger charge is 2.18. The highest BCUT2D eigenvalue weighted by molar-refractivity contribution is 9.10. The molecule has 1 aliphatic carbocycles.